The van der Waals surface area contributed by atoms with Crippen molar-refractivity contribution in [1.29, 1.82) is 0 Å². The molecule has 0 aromatic heterocycles. The number of ether oxygens (including phenoxy) is 2. The average Bonchev–Trinajstić information content (AvgIpc) is 3.27. The molecule has 2 fully saturated rings. The number of aryl methyl sites for hydroxylation is 1. The number of hydrogen-bond acceptors (Lipinski definition) is 6. The summed E-state index contributed by atoms with van der Waals surface area (Å²) in [5.41, 5.74) is 3.82. The summed E-state index contributed by atoms with van der Waals surface area (Å²) in [7, 11) is 1.31. The number of alkyl halides is 2. The summed E-state index contributed by atoms with van der Waals surface area (Å²) in [6, 6.07) is 12.1. The maximum atomic E-state index is 14.6. The first kappa shape index (κ1) is 32.4. The fraction of sp³-hybridized carbons (Fsp3) is 0.576. The average molecular weight is 603 g/mol. The van der Waals surface area contributed by atoms with E-state index >= 15 is 0 Å². The van der Waals surface area contributed by atoms with Gasteiger partial charge in [0.25, 0.3) is 11.8 Å². The monoisotopic (exact) mass is 602 g/mol. The maximum absolute atomic E-state index is 14.6. The molecule has 6 nitrogen and oxygen atoms in total. The molecule has 1 heterocycles. The highest BCUT2D eigenvalue weighted by molar-refractivity contribution is 7.98. The number of halogens is 2. The number of benzene rings is 2. The van der Waals surface area contributed by atoms with Crippen LogP contribution in [0.2, 0.25) is 0 Å². The van der Waals surface area contributed by atoms with Crippen molar-refractivity contribution in [3.05, 3.63) is 59.2 Å². The molecule has 1 N–H and O–H groups in total. The zero-order valence-electron chi connectivity index (χ0n) is 25.0. The Kier molecular flexibility index (Phi) is 11.8. The Morgan fingerprint density at radius 1 is 1.10 bits per heavy atom. The highest BCUT2D eigenvalue weighted by atomic mass is 32.2. The number of rotatable bonds is 13. The molecular formula is C33H44F2N2O4S. The second-order valence-electron chi connectivity index (χ2n) is 11.7. The number of likely N-dealkylation sites (tertiary alicyclic amines) is 1. The van der Waals surface area contributed by atoms with Crippen LogP contribution in [0.25, 0.3) is 11.1 Å². The van der Waals surface area contributed by atoms with E-state index in [-0.39, 0.29) is 24.9 Å². The van der Waals surface area contributed by atoms with E-state index in [9.17, 15) is 18.4 Å². The first-order valence-electron chi connectivity index (χ1n) is 15.0. The summed E-state index contributed by atoms with van der Waals surface area (Å²) in [6.45, 7) is 2.91. The molecule has 1 aliphatic heterocycles. The van der Waals surface area contributed by atoms with Crippen LogP contribution in [-0.4, -0.2) is 73.7 Å². The van der Waals surface area contributed by atoms with Crippen molar-refractivity contribution in [3.8, 4) is 11.1 Å². The van der Waals surface area contributed by atoms with E-state index in [2.05, 4.69) is 5.32 Å². The molecule has 1 aliphatic carbocycles. The molecule has 1 saturated carbocycles. The summed E-state index contributed by atoms with van der Waals surface area (Å²) in [5, 5.41) is 2.86. The van der Waals surface area contributed by atoms with Crippen molar-refractivity contribution in [3.63, 3.8) is 0 Å². The normalized spacial score (nSPS) is 19.9. The van der Waals surface area contributed by atoms with Crippen LogP contribution in [0.4, 0.5) is 8.78 Å². The van der Waals surface area contributed by atoms with Crippen molar-refractivity contribution in [1.82, 2.24) is 10.2 Å². The number of methoxy groups -OCH3 is 1. The highest BCUT2D eigenvalue weighted by Gasteiger charge is 2.45. The number of amides is 1. The number of nitrogens with zero attached hydrogens (tertiary/aromatic N) is 1. The quantitative estimate of drug-likeness (QED) is 0.264. The van der Waals surface area contributed by atoms with E-state index in [1.54, 1.807) is 17.8 Å². The highest BCUT2D eigenvalue weighted by Crippen LogP contribution is 2.35. The van der Waals surface area contributed by atoms with E-state index in [0.717, 1.165) is 29.5 Å². The number of hydrogen-bond donors (Lipinski definition) is 1. The van der Waals surface area contributed by atoms with Crippen LogP contribution in [0.3, 0.4) is 0 Å². The molecule has 1 amide bonds. The second kappa shape index (κ2) is 15.3. The third kappa shape index (κ3) is 8.77. The summed E-state index contributed by atoms with van der Waals surface area (Å²) < 4.78 is 40.1. The van der Waals surface area contributed by atoms with Gasteiger partial charge in [0.15, 0.2) is 0 Å². The van der Waals surface area contributed by atoms with Crippen molar-refractivity contribution in [2.45, 2.75) is 76.4 Å². The second-order valence-corrected chi connectivity index (χ2v) is 12.7. The van der Waals surface area contributed by atoms with Crippen LogP contribution < -0.4 is 5.32 Å². The lowest BCUT2D eigenvalue weighted by Crippen LogP contribution is -2.42. The fourth-order valence-corrected chi connectivity index (χ4v) is 6.59. The molecular weight excluding hydrogens is 558 g/mol. The van der Waals surface area contributed by atoms with Gasteiger partial charge >= 0.3 is 5.97 Å². The van der Waals surface area contributed by atoms with Crippen LogP contribution >= 0.6 is 11.8 Å². The number of carbonyl (C=O) groups is 2. The molecule has 1 saturated heterocycles. The predicted octanol–water partition coefficient (Wildman–Crippen LogP) is 6.49. The molecule has 4 rings (SSSR count). The van der Waals surface area contributed by atoms with Gasteiger partial charge in [0, 0.05) is 31.2 Å². The zero-order valence-corrected chi connectivity index (χ0v) is 25.8. The Morgan fingerprint density at radius 3 is 2.57 bits per heavy atom. The van der Waals surface area contributed by atoms with Crippen LogP contribution in [0.1, 0.15) is 66.4 Å². The molecule has 2 atom stereocenters. The molecule has 9 heteroatoms. The van der Waals surface area contributed by atoms with Gasteiger partial charge in [-0.05, 0) is 78.5 Å². The van der Waals surface area contributed by atoms with Gasteiger partial charge < -0.3 is 14.8 Å². The summed E-state index contributed by atoms with van der Waals surface area (Å²) >= 11 is 1.59. The fourth-order valence-electron chi connectivity index (χ4n) is 6.12. The first-order valence-corrected chi connectivity index (χ1v) is 16.4. The number of carbonyl (C=O) groups excluding carboxylic acids is 2. The smallest absolute Gasteiger partial charge is 0.328 e. The topological polar surface area (TPSA) is 67.9 Å². The van der Waals surface area contributed by atoms with E-state index in [0.29, 0.717) is 49.0 Å². The van der Waals surface area contributed by atoms with Gasteiger partial charge in [0.05, 0.1) is 20.3 Å². The van der Waals surface area contributed by atoms with Gasteiger partial charge in [-0.25, -0.2) is 13.6 Å². The van der Waals surface area contributed by atoms with Gasteiger partial charge in [0.1, 0.15) is 6.04 Å². The van der Waals surface area contributed by atoms with Gasteiger partial charge in [-0.1, -0.05) is 49.6 Å². The molecule has 2 aromatic carbocycles. The Hall–Kier alpha value is -2.49. The molecule has 0 spiro atoms. The Balaban J connectivity index is 1.54. The van der Waals surface area contributed by atoms with Crippen molar-refractivity contribution in [2.24, 2.45) is 5.92 Å². The van der Waals surface area contributed by atoms with E-state index in [1.807, 2.05) is 54.5 Å². The number of esters is 1. The van der Waals surface area contributed by atoms with Gasteiger partial charge in [-0.15, -0.1) is 0 Å². The Bertz CT molecular complexity index is 1200. The molecule has 0 unspecified atom stereocenters. The van der Waals surface area contributed by atoms with Crippen molar-refractivity contribution < 1.29 is 27.8 Å². The largest absolute Gasteiger partial charge is 0.467 e. The first-order chi connectivity index (χ1) is 20.2. The lowest BCUT2D eigenvalue weighted by Gasteiger charge is -2.26. The SMILES string of the molecule is COC(=O)[C@H](CCSC)NC(=O)c1ccc(CN2CC(F)(F)C[C@@H]2COCC2CCCCC2)cc1-c1ccccc1C. The van der Waals surface area contributed by atoms with Gasteiger partial charge in [-0.3, -0.25) is 9.69 Å². The van der Waals surface area contributed by atoms with Gasteiger partial charge in [0.2, 0.25) is 0 Å². The third-order valence-corrected chi connectivity index (χ3v) is 9.07. The third-order valence-electron chi connectivity index (χ3n) is 8.42. The van der Waals surface area contributed by atoms with Crippen LogP contribution in [0.15, 0.2) is 42.5 Å². The molecule has 2 aliphatic rings. The van der Waals surface area contributed by atoms with Crippen LogP contribution in [-0.2, 0) is 20.8 Å². The van der Waals surface area contributed by atoms with E-state index in [1.165, 1.54) is 26.4 Å². The lowest BCUT2D eigenvalue weighted by molar-refractivity contribution is -0.142. The van der Waals surface area contributed by atoms with Gasteiger partial charge in [-0.2, -0.15) is 11.8 Å². The predicted molar refractivity (Wildman–Crippen MR) is 164 cm³/mol. The summed E-state index contributed by atoms with van der Waals surface area (Å²) in [4.78, 5) is 27.7. The van der Waals surface area contributed by atoms with Crippen LogP contribution in [0.5, 0.6) is 0 Å². The Labute approximate surface area is 252 Å². The molecule has 230 valence electrons. The standard InChI is InChI=1S/C33H44F2N2O4S/c1-23-9-7-8-12-27(23)29-17-25(13-14-28(29)31(38)36-30(15-16-42-3)32(39)40-2)19-37-22-33(34,35)18-26(37)21-41-20-24-10-5-4-6-11-24/h7-9,12-14,17,24,26,30H,4-6,10-11,15-16,18-22H2,1-3H3,(H,36,38)/t26-,30+/m1/s1. The van der Waals surface area contributed by atoms with E-state index < -0.39 is 17.9 Å². The van der Waals surface area contributed by atoms with Crippen molar-refractivity contribution in [2.75, 3.05) is 38.9 Å². The maximum Gasteiger partial charge on any atom is 0.328 e. The van der Waals surface area contributed by atoms with Crippen LogP contribution in [0, 0.1) is 12.8 Å². The molecule has 2 aromatic rings. The van der Waals surface area contributed by atoms with Crippen molar-refractivity contribution >= 4 is 23.6 Å². The number of thioether (sulfide) groups is 1. The minimum atomic E-state index is -2.77. The minimum Gasteiger partial charge on any atom is -0.467 e. The lowest BCUT2D eigenvalue weighted by atomic mass is 9.90. The van der Waals surface area contributed by atoms with E-state index in [4.69, 9.17) is 9.47 Å². The summed E-state index contributed by atoms with van der Waals surface area (Å²) in [5.74, 6) is -2.41. The molecule has 0 radical (unpaired) electrons. The Morgan fingerprint density at radius 2 is 1.86 bits per heavy atom. The summed E-state index contributed by atoms with van der Waals surface area (Å²) in [6.07, 6.45) is 8.20. The number of nitrogens with one attached hydrogen (secondary N) is 1. The minimum absolute atomic E-state index is 0.215. The molecule has 0 bridgehead atoms. The molecule has 42 heavy (non-hydrogen) atoms. The zero-order chi connectivity index (χ0) is 30.1.